The van der Waals surface area contributed by atoms with E-state index in [0.717, 1.165) is 28.8 Å². The van der Waals surface area contributed by atoms with Gasteiger partial charge in [0.2, 0.25) is 0 Å². The maximum atomic E-state index is 13.1. The molecule has 0 saturated heterocycles. The van der Waals surface area contributed by atoms with Gasteiger partial charge in [0.1, 0.15) is 17.2 Å². The van der Waals surface area contributed by atoms with Crippen molar-refractivity contribution in [3.63, 3.8) is 0 Å². The number of nitrogen functional groups attached to an aromatic ring is 1. The van der Waals surface area contributed by atoms with Crippen LogP contribution in [0.25, 0.3) is 0 Å². The molecule has 1 saturated carbocycles. The Morgan fingerprint density at radius 1 is 1.16 bits per heavy atom. The van der Waals surface area contributed by atoms with Crippen LogP contribution in [0.2, 0.25) is 0 Å². The molecule has 9 nitrogen and oxygen atoms in total. The topological polar surface area (TPSA) is 118 Å². The number of carbonyl (C=O) groups excluding carboxylic acids is 1. The minimum atomic E-state index is -0.653. The van der Waals surface area contributed by atoms with Crippen molar-refractivity contribution in [2.45, 2.75) is 51.0 Å². The van der Waals surface area contributed by atoms with Gasteiger partial charge in [-0.1, -0.05) is 42.1 Å². The van der Waals surface area contributed by atoms with Crippen molar-refractivity contribution < 1.29 is 4.79 Å². The van der Waals surface area contributed by atoms with Crippen LogP contribution in [0.5, 0.6) is 0 Å². The molecule has 0 aliphatic heterocycles. The second kappa shape index (κ2) is 8.54. The molecule has 1 aliphatic carbocycles. The Hall–Kier alpha value is -3.14. The predicted octanol–water partition coefficient (Wildman–Crippen LogP) is 1.87. The van der Waals surface area contributed by atoms with Gasteiger partial charge >= 0.3 is 5.69 Å². The number of benzene rings is 1. The summed E-state index contributed by atoms with van der Waals surface area (Å²) in [5, 5.41) is 8.92. The molecule has 2 N–H and O–H groups in total. The third-order valence-electron chi connectivity index (χ3n) is 5.33. The molecule has 3 aromatic rings. The number of anilines is 1. The van der Waals surface area contributed by atoms with Gasteiger partial charge in [0, 0.05) is 12.6 Å². The number of Topliss-reactive ketones (excluding diaryl/α,β-unsaturated/α-hetero) is 1. The zero-order valence-corrected chi connectivity index (χ0v) is 18.3. The average Bonchev–Trinajstić information content (AvgIpc) is 3.52. The van der Waals surface area contributed by atoms with E-state index in [4.69, 9.17) is 5.73 Å². The van der Waals surface area contributed by atoms with E-state index in [-0.39, 0.29) is 30.2 Å². The molecular weight excluding hydrogens is 416 g/mol. The summed E-state index contributed by atoms with van der Waals surface area (Å²) in [7, 11) is 0. The van der Waals surface area contributed by atoms with Crippen molar-refractivity contribution in [1.29, 1.82) is 0 Å². The van der Waals surface area contributed by atoms with Crippen LogP contribution in [-0.2, 0) is 13.1 Å². The third-order valence-corrected chi connectivity index (χ3v) is 6.27. The Morgan fingerprint density at radius 3 is 2.52 bits per heavy atom. The number of nitrogens with zero attached hydrogens (tertiary/aromatic N) is 5. The first kappa shape index (κ1) is 21.1. The summed E-state index contributed by atoms with van der Waals surface area (Å²) in [6, 6.07) is 9.68. The van der Waals surface area contributed by atoms with Crippen molar-refractivity contribution >= 4 is 23.4 Å². The second-order valence-electron chi connectivity index (χ2n) is 7.51. The van der Waals surface area contributed by atoms with Gasteiger partial charge in [-0.15, -0.1) is 10.2 Å². The van der Waals surface area contributed by atoms with Crippen LogP contribution in [0.3, 0.4) is 0 Å². The third kappa shape index (κ3) is 4.07. The molecule has 10 heteroatoms. The highest BCUT2D eigenvalue weighted by Crippen LogP contribution is 2.38. The Kier molecular flexibility index (Phi) is 5.81. The predicted molar refractivity (Wildman–Crippen MR) is 119 cm³/mol. The highest BCUT2D eigenvalue weighted by molar-refractivity contribution is 7.99. The minimum absolute atomic E-state index is 0.0163. The molecule has 0 bridgehead atoms. The standard InChI is InChI=1S/C21H24N6O3S/c1-3-25-19(29)17(18(22)26(21(25)30)11-14-7-5-4-6-8-14)16(28)12-31-20-24-23-13(2)27(20)15-9-10-15/h4-8,15H,3,9-12,22H2,1-2H3. The van der Waals surface area contributed by atoms with E-state index in [1.54, 1.807) is 6.92 Å². The lowest BCUT2D eigenvalue weighted by atomic mass is 10.2. The molecule has 2 heterocycles. The van der Waals surface area contributed by atoms with E-state index in [2.05, 4.69) is 10.2 Å². The number of thioether (sulfide) groups is 1. The fourth-order valence-corrected chi connectivity index (χ4v) is 4.50. The van der Waals surface area contributed by atoms with Gasteiger partial charge in [-0.2, -0.15) is 0 Å². The first-order chi connectivity index (χ1) is 14.9. The van der Waals surface area contributed by atoms with E-state index < -0.39 is 17.0 Å². The summed E-state index contributed by atoms with van der Waals surface area (Å²) < 4.78 is 4.37. The van der Waals surface area contributed by atoms with Gasteiger partial charge in [-0.25, -0.2) is 4.79 Å². The molecule has 0 radical (unpaired) electrons. The molecule has 1 aliphatic rings. The number of aryl methyl sites for hydroxylation is 1. The van der Waals surface area contributed by atoms with Gasteiger partial charge in [0.05, 0.1) is 12.3 Å². The van der Waals surface area contributed by atoms with Crippen molar-refractivity contribution in [2.75, 3.05) is 11.5 Å². The van der Waals surface area contributed by atoms with Crippen molar-refractivity contribution in [3.8, 4) is 0 Å². The second-order valence-corrected chi connectivity index (χ2v) is 8.45. The van der Waals surface area contributed by atoms with Crippen LogP contribution < -0.4 is 17.0 Å². The van der Waals surface area contributed by atoms with Gasteiger partial charge < -0.3 is 10.3 Å². The van der Waals surface area contributed by atoms with Gasteiger partial charge in [0.15, 0.2) is 10.9 Å². The van der Waals surface area contributed by atoms with Crippen molar-refractivity contribution in [3.05, 3.63) is 68.1 Å². The maximum Gasteiger partial charge on any atom is 0.332 e. The van der Waals surface area contributed by atoms with Crippen molar-refractivity contribution in [1.82, 2.24) is 23.9 Å². The molecular formula is C21H24N6O3S. The average molecular weight is 441 g/mol. The molecule has 0 atom stereocenters. The van der Waals surface area contributed by atoms with E-state index in [0.29, 0.717) is 11.2 Å². The monoisotopic (exact) mass is 440 g/mol. The summed E-state index contributed by atoms with van der Waals surface area (Å²) in [6.45, 7) is 3.90. The van der Waals surface area contributed by atoms with Crippen LogP contribution >= 0.6 is 11.8 Å². The molecule has 0 spiro atoms. The molecule has 1 aromatic carbocycles. The van der Waals surface area contributed by atoms with Gasteiger partial charge in [0.25, 0.3) is 5.56 Å². The van der Waals surface area contributed by atoms with Crippen LogP contribution in [-0.4, -0.2) is 35.4 Å². The lowest BCUT2D eigenvalue weighted by Gasteiger charge is -2.15. The molecule has 0 amide bonds. The number of nitrogens with two attached hydrogens (primary N) is 1. The van der Waals surface area contributed by atoms with Crippen LogP contribution in [0.15, 0.2) is 45.1 Å². The van der Waals surface area contributed by atoms with E-state index in [1.165, 1.54) is 16.3 Å². The molecule has 31 heavy (non-hydrogen) atoms. The zero-order chi connectivity index (χ0) is 22.1. The molecule has 162 valence electrons. The Bertz CT molecular complexity index is 1240. The lowest BCUT2D eigenvalue weighted by molar-refractivity contribution is 0.102. The SMILES string of the molecule is CCn1c(=O)c(C(=O)CSc2nnc(C)n2C2CC2)c(N)n(Cc2ccccc2)c1=O. The smallest absolute Gasteiger partial charge is 0.332 e. The maximum absolute atomic E-state index is 13.1. The zero-order valence-electron chi connectivity index (χ0n) is 17.4. The van der Waals surface area contributed by atoms with Crippen LogP contribution in [0.4, 0.5) is 5.82 Å². The van der Waals surface area contributed by atoms with Gasteiger partial charge in [-0.05, 0) is 32.3 Å². The van der Waals surface area contributed by atoms with Gasteiger partial charge in [-0.3, -0.25) is 18.7 Å². The number of hydrogen-bond acceptors (Lipinski definition) is 7. The number of carbonyl (C=O) groups is 1. The minimum Gasteiger partial charge on any atom is -0.384 e. The van der Waals surface area contributed by atoms with Crippen molar-refractivity contribution in [2.24, 2.45) is 0 Å². The summed E-state index contributed by atoms with van der Waals surface area (Å²) >= 11 is 1.23. The largest absolute Gasteiger partial charge is 0.384 e. The summed E-state index contributed by atoms with van der Waals surface area (Å²) in [5.41, 5.74) is 5.72. The van der Waals surface area contributed by atoms with Crippen LogP contribution in [0.1, 0.15) is 47.6 Å². The molecule has 4 rings (SSSR count). The summed E-state index contributed by atoms with van der Waals surface area (Å²) in [4.78, 5) is 38.8. The normalized spacial score (nSPS) is 13.5. The Morgan fingerprint density at radius 2 is 1.87 bits per heavy atom. The highest BCUT2D eigenvalue weighted by atomic mass is 32.2. The summed E-state index contributed by atoms with van der Waals surface area (Å²) in [6.07, 6.45) is 2.14. The first-order valence-electron chi connectivity index (χ1n) is 10.2. The number of ketones is 1. The Labute approximate surface area is 182 Å². The Balaban J connectivity index is 1.67. The fraction of sp³-hybridized carbons (Fsp3) is 0.381. The quantitative estimate of drug-likeness (QED) is 0.420. The molecule has 0 unspecified atom stereocenters. The van der Waals surface area contributed by atoms with E-state index in [9.17, 15) is 14.4 Å². The van der Waals surface area contributed by atoms with E-state index in [1.807, 2.05) is 41.8 Å². The fourth-order valence-electron chi connectivity index (χ4n) is 3.58. The first-order valence-corrected chi connectivity index (χ1v) is 11.2. The summed E-state index contributed by atoms with van der Waals surface area (Å²) in [5.74, 6) is 0.257. The number of aromatic nitrogens is 5. The number of hydrogen-bond donors (Lipinski definition) is 1. The molecule has 1 fully saturated rings. The molecule has 2 aromatic heterocycles. The number of rotatable bonds is 8. The van der Waals surface area contributed by atoms with Crippen LogP contribution in [0, 0.1) is 6.92 Å². The highest BCUT2D eigenvalue weighted by Gasteiger charge is 2.29. The lowest BCUT2D eigenvalue weighted by Crippen LogP contribution is -2.44. The van der Waals surface area contributed by atoms with E-state index >= 15 is 0 Å².